The topological polar surface area (TPSA) is 55.1 Å². The van der Waals surface area contributed by atoms with Crippen LogP contribution in [-0.4, -0.2) is 11.9 Å². The molecule has 2 rings (SSSR count). The van der Waals surface area contributed by atoms with Crippen LogP contribution < -0.4 is 11.1 Å². The van der Waals surface area contributed by atoms with Crippen LogP contribution >= 0.6 is 0 Å². The van der Waals surface area contributed by atoms with Crippen molar-refractivity contribution in [2.75, 3.05) is 5.73 Å². The highest BCUT2D eigenvalue weighted by Gasteiger charge is 2.65. The zero-order valence-electron chi connectivity index (χ0n) is 11.8. The van der Waals surface area contributed by atoms with Crippen LogP contribution in [0, 0.1) is 17.8 Å². The van der Waals surface area contributed by atoms with Crippen molar-refractivity contribution in [1.29, 1.82) is 0 Å². The van der Waals surface area contributed by atoms with Gasteiger partial charge in [-0.3, -0.25) is 4.79 Å². The number of nitrogens with two attached hydrogens (primary N) is 1. The summed E-state index contributed by atoms with van der Waals surface area (Å²) >= 11 is 0. The summed E-state index contributed by atoms with van der Waals surface area (Å²) in [6.45, 7) is 10.7. The lowest BCUT2D eigenvalue weighted by atomic mass is 10.0. The monoisotopic (exact) mass is 246 g/mol. The Kier molecular flexibility index (Phi) is 2.69. The summed E-state index contributed by atoms with van der Waals surface area (Å²) in [6.07, 6.45) is 0. The fraction of sp³-hybridized carbons (Fsp3) is 0.533. The third-order valence-electron chi connectivity index (χ3n) is 4.79. The first-order valence-corrected chi connectivity index (χ1v) is 6.35. The summed E-state index contributed by atoms with van der Waals surface area (Å²) < 4.78 is 0. The lowest BCUT2D eigenvalue weighted by molar-refractivity contribution is 0.0943. The normalized spacial score (nSPS) is 20.5. The Morgan fingerprint density at radius 2 is 1.78 bits per heavy atom. The molecule has 1 aliphatic carbocycles. The lowest BCUT2D eigenvalue weighted by Crippen LogP contribution is -2.30. The van der Waals surface area contributed by atoms with Gasteiger partial charge in [-0.2, -0.15) is 0 Å². The second-order valence-electron chi connectivity index (χ2n) is 6.42. The molecule has 0 bridgehead atoms. The lowest BCUT2D eigenvalue weighted by Gasteiger charge is -2.09. The molecule has 1 aromatic rings. The average Bonchev–Trinajstić information content (AvgIpc) is 2.60. The Morgan fingerprint density at radius 1 is 1.22 bits per heavy atom. The van der Waals surface area contributed by atoms with Crippen LogP contribution in [0.5, 0.6) is 0 Å². The van der Waals surface area contributed by atoms with E-state index in [4.69, 9.17) is 5.73 Å². The number of nitrogens with one attached hydrogen (secondary N) is 1. The second kappa shape index (κ2) is 3.74. The first kappa shape index (κ1) is 12.9. The Balaban J connectivity index is 2.15. The molecule has 3 nitrogen and oxygen atoms in total. The highest BCUT2D eigenvalue weighted by molar-refractivity contribution is 5.96. The van der Waals surface area contributed by atoms with E-state index in [-0.39, 0.29) is 22.8 Å². The number of anilines is 1. The van der Waals surface area contributed by atoms with Crippen molar-refractivity contribution < 1.29 is 4.79 Å². The number of aryl methyl sites for hydroxylation is 1. The maximum Gasteiger partial charge on any atom is 0.251 e. The molecule has 1 amide bonds. The Bertz CT molecular complexity index is 489. The maximum absolute atomic E-state index is 12.3. The molecule has 0 saturated heterocycles. The highest BCUT2D eigenvalue weighted by atomic mass is 16.1. The average molecular weight is 246 g/mol. The van der Waals surface area contributed by atoms with Crippen molar-refractivity contribution in [3.05, 3.63) is 29.3 Å². The van der Waals surface area contributed by atoms with E-state index in [9.17, 15) is 4.79 Å². The molecule has 18 heavy (non-hydrogen) atoms. The standard InChI is InChI=1S/C15H22N2O/c1-9-8-10(16)6-7-11(9)12(18)17-13-14(2,3)15(13,4)5/h6-8,13H,16H2,1-5H3,(H,17,18). The fourth-order valence-corrected chi connectivity index (χ4v) is 2.71. The Hall–Kier alpha value is -1.51. The molecule has 3 N–H and O–H groups in total. The number of hydrogen-bond donors (Lipinski definition) is 2. The van der Waals surface area contributed by atoms with Gasteiger partial charge in [0.15, 0.2) is 0 Å². The van der Waals surface area contributed by atoms with Crippen molar-refractivity contribution in [1.82, 2.24) is 5.32 Å². The molecule has 0 radical (unpaired) electrons. The molecule has 0 spiro atoms. The van der Waals surface area contributed by atoms with E-state index in [0.29, 0.717) is 11.3 Å². The Labute approximate surface area is 109 Å². The van der Waals surface area contributed by atoms with Gasteiger partial charge in [0.05, 0.1) is 0 Å². The highest BCUT2D eigenvalue weighted by Crippen LogP contribution is 2.62. The quantitative estimate of drug-likeness (QED) is 0.788. The third kappa shape index (κ3) is 1.78. The molecule has 0 unspecified atom stereocenters. The largest absolute Gasteiger partial charge is 0.399 e. The molecular weight excluding hydrogens is 224 g/mol. The number of nitrogen functional groups attached to an aromatic ring is 1. The first-order chi connectivity index (χ1) is 8.18. The number of hydrogen-bond acceptors (Lipinski definition) is 2. The van der Waals surface area contributed by atoms with Crippen LogP contribution in [0.25, 0.3) is 0 Å². The number of amides is 1. The third-order valence-corrected chi connectivity index (χ3v) is 4.79. The van der Waals surface area contributed by atoms with E-state index in [1.54, 1.807) is 12.1 Å². The Morgan fingerprint density at radius 3 is 2.22 bits per heavy atom. The summed E-state index contributed by atoms with van der Waals surface area (Å²) in [5.74, 6) is -0.00356. The molecule has 1 fully saturated rings. The summed E-state index contributed by atoms with van der Waals surface area (Å²) in [5.41, 5.74) is 8.33. The minimum Gasteiger partial charge on any atom is -0.399 e. The van der Waals surface area contributed by atoms with E-state index < -0.39 is 0 Å². The van der Waals surface area contributed by atoms with Crippen LogP contribution in [0.15, 0.2) is 18.2 Å². The van der Waals surface area contributed by atoms with Gasteiger partial charge in [0, 0.05) is 17.3 Å². The minimum absolute atomic E-state index is 0.00356. The number of rotatable bonds is 2. The van der Waals surface area contributed by atoms with Crippen molar-refractivity contribution in [3.8, 4) is 0 Å². The van der Waals surface area contributed by atoms with Gasteiger partial charge in [-0.15, -0.1) is 0 Å². The molecule has 1 aliphatic rings. The molecule has 0 aromatic heterocycles. The van der Waals surface area contributed by atoms with Gasteiger partial charge in [-0.1, -0.05) is 27.7 Å². The maximum atomic E-state index is 12.3. The first-order valence-electron chi connectivity index (χ1n) is 6.35. The number of benzene rings is 1. The van der Waals surface area contributed by atoms with Gasteiger partial charge in [0.2, 0.25) is 0 Å². The summed E-state index contributed by atoms with van der Waals surface area (Å²) in [6, 6.07) is 5.63. The van der Waals surface area contributed by atoms with Gasteiger partial charge in [0.1, 0.15) is 0 Å². The van der Waals surface area contributed by atoms with Gasteiger partial charge in [0.25, 0.3) is 5.91 Å². The second-order valence-corrected chi connectivity index (χ2v) is 6.42. The van der Waals surface area contributed by atoms with E-state index in [1.807, 2.05) is 13.0 Å². The smallest absolute Gasteiger partial charge is 0.251 e. The molecule has 1 aromatic carbocycles. The fourth-order valence-electron chi connectivity index (χ4n) is 2.71. The molecule has 1 saturated carbocycles. The molecule has 98 valence electrons. The van der Waals surface area contributed by atoms with Crippen LogP contribution in [0.2, 0.25) is 0 Å². The predicted molar refractivity (Wildman–Crippen MR) is 74.4 cm³/mol. The van der Waals surface area contributed by atoms with Crippen molar-refractivity contribution in [2.45, 2.75) is 40.7 Å². The van der Waals surface area contributed by atoms with Crippen LogP contribution in [0.4, 0.5) is 5.69 Å². The van der Waals surface area contributed by atoms with E-state index >= 15 is 0 Å². The SMILES string of the molecule is Cc1cc(N)ccc1C(=O)NC1C(C)(C)C1(C)C. The van der Waals surface area contributed by atoms with E-state index in [0.717, 1.165) is 5.56 Å². The summed E-state index contributed by atoms with van der Waals surface area (Å²) in [7, 11) is 0. The zero-order valence-corrected chi connectivity index (χ0v) is 11.8. The van der Waals surface area contributed by atoms with Crippen LogP contribution in [-0.2, 0) is 0 Å². The molecule has 0 heterocycles. The molecule has 3 heteroatoms. The van der Waals surface area contributed by atoms with Gasteiger partial charge >= 0.3 is 0 Å². The van der Waals surface area contributed by atoms with Gasteiger partial charge in [-0.05, 0) is 41.5 Å². The van der Waals surface area contributed by atoms with Gasteiger partial charge in [-0.25, -0.2) is 0 Å². The summed E-state index contributed by atoms with van der Waals surface area (Å²) in [5, 5.41) is 3.13. The number of carbonyl (C=O) groups is 1. The van der Waals surface area contributed by atoms with Gasteiger partial charge < -0.3 is 11.1 Å². The predicted octanol–water partition coefficient (Wildman–Crippen LogP) is 2.74. The van der Waals surface area contributed by atoms with Crippen LogP contribution in [0.1, 0.15) is 43.6 Å². The summed E-state index contributed by atoms with van der Waals surface area (Å²) in [4.78, 5) is 12.3. The van der Waals surface area contributed by atoms with E-state index in [2.05, 4.69) is 33.0 Å². The van der Waals surface area contributed by atoms with E-state index in [1.165, 1.54) is 0 Å². The van der Waals surface area contributed by atoms with Crippen molar-refractivity contribution in [2.24, 2.45) is 10.8 Å². The molecule has 0 atom stereocenters. The molecule has 0 aliphatic heterocycles. The van der Waals surface area contributed by atoms with Crippen molar-refractivity contribution >= 4 is 11.6 Å². The van der Waals surface area contributed by atoms with Crippen molar-refractivity contribution in [3.63, 3.8) is 0 Å². The number of carbonyl (C=O) groups excluding carboxylic acids is 1. The zero-order chi connectivity index (χ0) is 13.7. The minimum atomic E-state index is -0.00356. The molecular formula is C15H22N2O. The van der Waals surface area contributed by atoms with Crippen LogP contribution in [0.3, 0.4) is 0 Å².